The lowest BCUT2D eigenvalue weighted by molar-refractivity contribution is 0.237. The van der Waals surface area contributed by atoms with Gasteiger partial charge in [-0.3, -0.25) is 0 Å². The Kier molecular flexibility index (Phi) is 8.27. The van der Waals surface area contributed by atoms with Gasteiger partial charge >= 0.3 is 6.03 Å². The number of amides is 2. The van der Waals surface area contributed by atoms with E-state index in [9.17, 15) is 9.18 Å². The molecular formula is C16H26FN3OS. The molecule has 0 radical (unpaired) electrons. The number of thioether (sulfide) groups is 1. The first-order chi connectivity index (χ1) is 10.4. The first-order valence-electron chi connectivity index (χ1n) is 7.37. The van der Waals surface area contributed by atoms with E-state index in [2.05, 4.69) is 10.6 Å². The maximum absolute atomic E-state index is 13.7. The highest BCUT2D eigenvalue weighted by molar-refractivity contribution is 7.98. The van der Waals surface area contributed by atoms with Crippen LogP contribution in [0, 0.1) is 5.82 Å². The van der Waals surface area contributed by atoms with Gasteiger partial charge in [-0.15, -0.1) is 0 Å². The van der Waals surface area contributed by atoms with Crippen molar-refractivity contribution in [2.45, 2.75) is 32.5 Å². The molecule has 0 aliphatic carbocycles. The zero-order valence-corrected chi connectivity index (χ0v) is 14.6. The number of carbonyl (C=O) groups is 1. The Morgan fingerprint density at radius 1 is 1.41 bits per heavy atom. The number of rotatable bonds is 8. The molecule has 0 saturated heterocycles. The number of hydrogen-bond acceptors (Lipinski definition) is 3. The first-order valence-corrected chi connectivity index (χ1v) is 8.77. The summed E-state index contributed by atoms with van der Waals surface area (Å²) in [6.07, 6.45) is 2.99. The fraction of sp³-hybridized carbons (Fsp3) is 0.562. The van der Waals surface area contributed by atoms with Crippen molar-refractivity contribution in [1.82, 2.24) is 15.5 Å². The second-order valence-corrected chi connectivity index (χ2v) is 6.66. The Labute approximate surface area is 136 Å². The summed E-state index contributed by atoms with van der Waals surface area (Å²) in [7, 11) is 3.79. The third kappa shape index (κ3) is 7.13. The summed E-state index contributed by atoms with van der Waals surface area (Å²) < 4.78 is 13.7. The number of nitrogens with zero attached hydrogens (tertiary/aromatic N) is 1. The van der Waals surface area contributed by atoms with Crippen LogP contribution in [0.4, 0.5) is 9.18 Å². The molecule has 1 aromatic rings. The molecule has 0 saturated carbocycles. The average Bonchev–Trinajstić information content (AvgIpc) is 2.45. The van der Waals surface area contributed by atoms with Crippen molar-refractivity contribution in [3.8, 4) is 0 Å². The molecule has 0 spiro atoms. The number of urea groups is 1. The number of halogens is 1. The second-order valence-electron chi connectivity index (χ2n) is 5.67. The van der Waals surface area contributed by atoms with Crippen molar-refractivity contribution < 1.29 is 9.18 Å². The Balaban J connectivity index is 2.48. The van der Waals surface area contributed by atoms with E-state index in [0.29, 0.717) is 18.7 Å². The zero-order valence-electron chi connectivity index (χ0n) is 13.8. The molecule has 6 heteroatoms. The molecule has 0 aromatic heterocycles. The fourth-order valence-corrected chi connectivity index (χ4v) is 2.61. The van der Waals surface area contributed by atoms with E-state index in [1.165, 1.54) is 6.07 Å². The van der Waals surface area contributed by atoms with E-state index < -0.39 is 0 Å². The molecular weight excluding hydrogens is 301 g/mol. The van der Waals surface area contributed by atoms with Gasteiger partial charge in [0.15, 0.2) is 0 Å². The van der Waals surface area contributed by atoms with Crippen LogP contribution in [-0.4, -0.2) is 43.1 Å². The van der Waals surface area contributed by atoms with Gasteiger partial charge in [0, 0.05) is 24.7 Å². The third-order valence-corrected chi connectivity index (χ3v) is 3.83. The Morgan fingerprint density at radius 3 is 2.77 bits per heavy atom. The Morgan fingerprint density at radius 2 is 2.14 bits per heavy atom. The fourth-order valence-electron chi connectivity index (χ4n) is 2.02. The molecule has 4 nitrogen and oxygen atoms in total. The second kappa shape index (κ2) is 9.69. The van der Waals surface area contributed by atoms with Crippen LogP contribution < -0.4 is 10.6 Å². The van der Waals surface area contributed by atoms with Gasteiger partial charge in [0.2, 0.25) is 0 Å². The van der Waals surface area contributed by atoms with Gasteiger partial charge in [0.1, 0.15) is 5.82 Å². The largest absolute Gasteiger partial charge is 0.336 e. The Hall–Kier alpha value is -1.27. The van der Waals surface area contributed by atoms with Crippen molar-refractivity contribution >= 4 is 17.8 Å². The number of hydrogen-bond donors (Lipinski definition) is 2. The van der Waals surface area contributed by atoms with Crippen molar-refractivity contribution in [3.63, 3.8) is 0 Å². The Bertz CT molecular complexity index is 482. The summed E-state index contributed by atoms with van der Waals surface area (Å²) in [5.41, 5.74) is 1.53. The lowest BCUT2D eigenvalue weighted by Crippen LogP contribution is -2.40. The SMILES string of the molecule is CSCC[C@H](C)NC(=O)NCc1ccc(F)c(CN(C)C)c1. The number of carbonyl (C=O) groups excluding carboxylic acids is 1. The summed E-state index contributed by atoms with van der Waals surface area (Å²) in [5, 5.41) is 5.71. The quantitative estimate of drug-likeness (QED) is 0.772. The van der Waals surface area contributed by atoms with E-state index in [1.54, 1.807) is 23.9 Å². The minimum absolute atomic E-state index is 0.143. The third-order valence-electron chi connectivity index (χ3n) is 3.18. The van der Waals surface area contributed by atoms with Gasteiger partial charge < -0.3 is 15.5 Å². The van der Waals surface area contributed by atoms with Crippen LogP contribution >= 0.6 is 11.8 Å². The minimum Gasteiger partial charge on any atom is -0.336 e. The molecule has 0 heterocycles. The molecule has 0 aliphatic rings. The normalized spacial score (nSPS) is 12.3. The highest BCUT2D eigenvalue weighted by Crippen LogP contribution is 2.12. The van der Waals surface area contributed by atoms with Crippen molar-refractivity contribution in [3.05, 3.63) is 35.1 Å². The molecule has 1 atom stereocenters. The summed E-state index contributed by atoms with van der Waals surface area (Å²) in [6, 6.07) is 4.91. The summed E-state index contributed by atoms with van der Waals surface area (Å²) in [5.74, 6) is 0.806. The van der Waals surface area contributed by atoms with Crippen molar-refractivity contribution in [2.75, 3.05) is 26.1 Å². The molecule has 2 N–H and O–H groups in total. The van der Waals surface area contributed by atoms with Crippen LogP contribution in [0.25, 0.3) is 0 Å². The van der Waals surface area contributed by atoms with E-state index in [-0.39, 0.29) is 17.9 Å². The van der Waals surface area contributed by atoms with Crippen LogP contribution in [0.15, 0.2) is 18.2 Å². The summed E-state index contributed by atoms with van der Waals surface area (Å²) >= 11 is 1.76. The molecule has 0 bridgehead atoms. The molecule has 0 fully saturated rings. The number of nitrogens with one attached hydrogen (secondary N) is 2. The van der Waals surface area contributed by atoms with Gasteiger partial charge in [-0.1, -0.05) is 6.07 Å². The van der Waals surface area contributed by atoms with Crippen LogP contribution in [0.1, 0.15) is 24.5 Å². The molecule has 0 aliphatic heterocycles. The van der Waals surface area contributed by atoms with Crippen LogP contribution in [0.3, 0.4) is 0 Å². The minimum atomic E-state index is -0.215. The van der Waals surface area contributed by atoms with E-state index >= 15 is 0 Å². The van der Waals surface area contributed by atoms with E-state index in [0.717, 1.165) is 17.7 Å². The molecule has 0 unspecified atom stereocenters. The first kappa shape index (κ1) is 18.8. The molecule has 1 rings (SSSR count). The molecule has 2 amide bonds. The van der Waals surface area contributed by atoms with E-state index in [1.807, 2.05) is 32.2 Å². The standard InChI is InChI=1S/C16H26FN3OS/c1-12(7-8-22-4)19-16(21)18-10-13-5-6-15(17)14(9-13)11-20(2)3/h5-6,9,12H,7-8,10-11H2,1-4H3,(H2,18,19,21)/t12-/m0/s1. The molecule has 124 valence electrons. The maximum atomic E-state index is 13.7. The molecule has 1 aromatic carbocycles. The van der Waals surface area contributed by atoms with E-state index in [4.69, 9.17) is 0 Å². The maximum Gasteiger partial charge on any atom is 0.315 e. The van der Waals surface area contributed by atoms with Gasteiger partial charge in [0.25, 0.3) is 0 Å². The van der Waals surface area contributed by atoms with Crippen molar-refractivity contribution in [2.24, 2.45) is 0 Å². The summed E-state index contributed by atoms with van der Waals surface area (Å²) in [6.45, 7) is 2.92. The van der Waals surface area contributed by atoms with Gasteiger partial charge in [0.05, 0.1) is 0 Å². The van der Waals surface area contributed by atoms with Crippen LogP contribution in [-0.2, 0) is 13.1 Å². The highest BCUT2D eigenvalue weighted by Gasteiger charge is 2.08. The van der Waals surface area contributed by atoms with Crippen molar-refractivity contribution in [1.29, 1.82) is 0 Å². The lowest BCUT2D eigenvalue weighted by atomic mass is 10.1. The van der Waals surface area contributed by atoms with Gasteiger partial charge in [-0.25, -0.2) is 9.18 Å². The average molecular weight is 327 g/mol. The predicted molar refractivity (Wildman–Crippen MR) is 91.6 cm³/mol. The highest BCUT2D eigenvalue weighted by atomic mass is 32.2. The van der Waals surface area contributed by atoms with Gasteiger partial charge in [-0.05, 0) is 57.1 Å². The van der Waals surface area contributed by atoms with Gasteiger partial charge in [-0.2, -0.15) is 11.8 Å². The lowest BCUT2D eigenvalue weighted by Gasteiger charge is -2.15. The monoisotopic (exact) mass is 327 g/mol. The predicted octanol–water partition coefficient (Wildman–Crippen LogP) is 2.83. The molecule has 22 heavy (non-hydrogen) atoms. The topological polar surface area (TPSA) is 44.4 Å². The zero-order chi connectivity index (χ0) is 16.5. The van der Waals surface area contributed by atoms with Crippen LogP contribution in [0.5, 0.6) is 0 Å². The summed E-state index contributed by atoms with van der Waals surface area (Å²) in [4.78, 5) is 13.7. The smallest absolute Gasteiger partial charge is 0.315 e. The number of benzene rings is 1. The van der Waals surface area contributed by atoms with Crippen LogP contribution in [0.2, 0.25) is 0 Å².